The number of amides is 2. The third-order valence-electron chi connectivity index (χ3n) is 6.10. The number of benzene rings is 2. The second-order valence-electron chi connectivity index (χ2n) is 8.79. The Bertz CT molecular complexity index is 1110. The van der Waals surface area contributed by atoms with Crippen LogP contribution in [0.1, 0.15) is 38.3 Å². The lowest BCUT2D eigenvalue weighted by atomic mass is 9.86. The summed E-state index contributed by atoms with van der Waals surface area (Å²) in [6.07, 6.45) is 1.42. The highest BCUT2D eigenvalue weighted by Crippen LogP contribution is 2.41. The van der Waals surface area contributed by atoms with E-state index in [0.717, 1.165) is 16.3 Å². The van der Waals surface area contributed by atoms with Gasteiger partial charge in [0.2, 0.25) is 21.8 Å². The van der Waals surface area contributed by atoms with E-state index in [1.807, 2.05) is 37.3 Å². The van der Waals surface area contributed by atoms with E-state index >= 15 is 0 Å². The highest BCUT2D eigenvalue weighted by Gasteiger charge is 2.43. The number of carbonyl (C=O) groups excluding carboxylic acids is 2. The normalized spacial score (nSPS) is 16.2. The fourth-order valence-corrected chi connectivity index (χ4v) is 5.20. The molecule has 0 saturated carbocycles. The molecule has 1 atom stereocenters. The summed E-state index contributed by atoms with van der Waals surface area (Å²) in [5.74, 6) is -0.436. The summed E-state index contributed by atoms with van der Waals surface area (Å²) in [5, 5.41) is 2.94. The van der Waals surface area contributed by atoms with Gasteiger partial charge in [-0.15, -0.1) is 0 Å². The van der Waals surface area contributed by atoms with Crippen LogP contribution in [0, 0.1) is 0 Å². The number of hydrogen-bond donors (Lipinski definition) is 1. The van der Waals surface area contributed by atoms with Crippen LogP contribution < -0.4 is 10.2 Å². The molecule has 0 radical (unpaired) electrons. The largest absolute Gasteiger partial charge is 0.352 e. The predicted molar refractivity (Wildman–Crippen MR) is 125 cm³/mol. The van der Waals surface area contributed by atoms with Gasteiger partial charge in [0.25, 0.3) is 0 Å². The van der Waals surface area contributed by atoms with E-state index in [0.29, 0.717) is 17.7 Å². The Kier molecular flexibility index (Phi) is 6.76. The number of sulfonamides is 1. The fraction of sp³-hybridized carbons (Fsp3) is 0.417. The number of fused-ring (bicyclic) bond motifs is 1. The van der Waals surface area contributed by atoms with Crippen molar-refractivity contribution in [2.75, 3.05) is 25.5 Å². The molecule has 2 aromatic carbocycles. The Morgan fingerprint density at radius 1 is 1.16 bits per heavy atom. The Labute approximate surface area is 190 Å². The van der Waals surface area contributed by atoms with Crippen molar-refractivity contribution in [3.05, 3.63) is 59.7 Å². The highest BCUT2D eigenvalue weighted by atomic mass is 32.2. The van der Waals surface area contributed by atoms with Crippen molar-refractivity contribution < 1.29 is 18.0 Å². The maximum absolute atomic E-state index is 13.1. The molecule has 1 unspecified atom stereocenters. The minimum Gasteiger partial charge on any atom is -0.352 e. The van der Waals surface area contributed by atoms with Crippen LogP contribution in [0.15, 0.2) is 53.4 Å². The Morgan fingerprint density at radius 2 is 1.81 bits per heavy atom. The van der Waals surface area contributed by atoms with Crippen LogP contribution in [0.25, 0.3) is 0 Å². The monoisotopic (exact) mass is 457 g/mol. The zero-order valence-electron chi connectivity index (χ0n) is 19.3. The van der Waals surface area contributed by atoms with Gasteiger partial charge in [-0.05, 0) is 56.0 Å². The third-order valence-corrected chi connectivity index (χ3v) is 7.90. The van der Waals surface area contributed by atoms with Gasteiger partial charge in [0, 0.05) is 25.8 Å². The fourth-order valence-electron chi connectivity index (χ4n) is 4.05. The van der Waals surface area contributed by atoms with E-state index < -0.39 is 15.4 Å². The van der Waals surface area contributed by atoms with Crippen molar-refractivity contribution >= 4 is 27.5 Å². The van der Waals surface area contributed by atoms with Crippen LogP contribution in [-0.4, -0.2) is 51.2 Å². The average Bonchev–Trinajstić information content (AvgIpc) is 2.93. The zero-order chi connectivity index (χ0) is 23.7. The number of nitrogens with zero attached hydrogens (tertiary/aromatic N) is 2. The average molecular weight is 458 g/mol. The van der Waals surface area contributed by atoms with Crippen LogP contribution in [-0.2, 0) is 31.4 Å². The maximum atomic E-state index is 13.1. The summed E-state index contributed by atoms with van der Waals surface area (Å²) in [6.45, 7) is 5.26. The van der Waals surface area contributed by atoms with Crippen LogP contribution in [0.5, 0.6) is 0 Å². The van der Waals surface area contributed by atoms with E-state index in [2.05, 4.69) is 5.32 Å². The van der Waals surface area contributed by atoms with Gasteiger partial charge in [0.15, 0.2) is 0 Å². The number of nitrogens with one attached hydrogen (secondary N) is 1. The number of hydrogen-bond acceptors (Lipinski definition) is 4. The first-order chi connectivity index (χ1) is 15.0. The summed E-state index contributed by atoms with van der Waals surface area (Å²) in [6, 6.07) is 14.4. The van der Waals surface area contributed by atoms with Crippen molar-refractivity contribution in [1.29, 1.82) is 0 Å². The molecule has 0 spiro atoms. The Balaban J connectivity index is 1.72. The van der Waals surface area contributed by atoms with E-state index in [4.69, 9.17) is 0 Å². The zero-order valence-corrected chi connectivity index (χ0v) is 20.1. The topological polar surface area (TPSA) is 86.8 Å². The molecule has 0 aromatic heterocycles. The summed E-state index contributed by atoms with van der Waals surface area (Å²) in [7, 11) is -0.827. The first kappa shape index (κ1) is 23.9. The van der Waals surface area contributed by atoms with Crippen LogP contribution in [0.2, 0.25) is 0 Å². The molecule has 1 aliphatic heterocycles. The molecule has 32 heavy (non-hydrogen) atoms. The molecule has 2 amide bonds. The molecular weight excluding hydrogens is 426 g/mol. The molecule has 0 saturated heterocycles. The van der Waals surface area contributed by atoms with Gasteiger partial charge in [0.05, 0.1) is 16.9 Å². The SMILES string of the molecule is CCC(Cc1ccccc1)NC(=O)CN(C)S(=O)(=O)c1ccc2c(c1)C(C)(C)C(=O)N2C. The summed E-state index contributed by atoms with van der Waals surface area (Å²) < 4.78 is 27.3. The van der Waals surface area contributed by atoms with Crippen LogP contribution >= 0.6 is 0 Å². The number of carbonyl (C=O) groups is 2. The van der Waals surface area contributed by atoms with E-state index in [-0.39, 0.29) is 29.3 Å². The van der Waals surface area contributed by atoms with Gasteiger partial charge in [-0.3, -0.25) is 9.59 Å². The van der Waals surface area contributed by atoms with Crippen molar-refractivity contribution in [3.8, 4) is 0 Å². The molecule has 1 N–H and O–H groups in total. The lowest BCUT2D eigenvalue weighted by molar-refractivity contribution is -0.122. The van der Waals surface area contributed by atoms with Crippen molar-refractivity contribution in [2.24, 2.45) is 0 Å². The minimum atomic E-state index is -3.90. The quantitative estimate of drug-likeness (QED) is 0.660. The Morgan fingerprint density at radius 3 is 2.44 bits per heavy atom. The van der Waals surface area contributed by atoms with E-state index in [1.165, 1.54) is 13.1 Å². The second-order valence-corrected chi connectivity index (χ2v) is 10.8. The standard InChI is InChI=1S/C24H31N3O4S/c1-6-18(14-17-10-8-7-9-11-17)25-22(28)16-26(4)32(30,31)19-12-13-21-20(15-19)24(2,3)23(29)27(21)5/h7-13,15,18H,6,14,16H2,1-5H3,(H,25,28). The Hall–Kier alpha value is -2.71. The van der Waals surface area contributed by atoms with Gasteiger partial charge in [-0.2, -0.15) is 4.31 Å². The predicted octanol–water partition coefficient (Wildman–Crippen LogP) is 2.70. The lowest BCUT2D eigenvalue weighted by Gasteiger charge is -2.21. The van der Waals surface area contributed by atoms with Crippen molar-refractivity contribution in [2.45, 2.75) is 50.0 Å². The van der Waals surface area contributed by atoms with E-state index in [9.17, 15) is 18.0 Å². The molecule has 7 nitrogen and oxygen atoms in total. The molecular formula is C24H31N3O4S. The van der Waals surface area contributed by atoms with Gasteiger partial charge >= 0.3 is 0 Å². The smallest absolute Gasteiger partial charge is 0.243 e. The molecule has 8 heteroatoms. The van der Waals surface area contributed by atoms with E-state index in [1.54, 1.807) is 37.9 Å². The molecule has 0 fully saturated rings. The molecule has 1 heterocycles. The lowest BCUT2D eigenvalue weighted by Crippen LogP contribution is -2.43. The molecule has 0 bridgehead atoms. The van der Waals surface area contributed by atoms with Crippen LogP contribution in [0.3, 0.4) is 0 Å². The summed E-state index contributed by atoms with van der Waals surface area (Å²) >= 11 is 0. The minimum absolute atomic E-state index is 0.0686. The van der Waals surface area contributed by atoms with Gasteiger partial charge in [-0.1, -0.05) is 37.3 Å². The summed E-state index contributed by atoms with van der Waals surface area (Å²) in [4.78, 5) is 26.7. The molecule has 0 aliphatic carbocycles. The summed E-state index contributed by atoms with van der Waals surface area (Å²) in [5.41, 5.74) is 1.67. The maximum Gasteiger partial charge on any atom is 0.243 e. The van der Waals surface area contributed by atoms with Crippen LogP contribution in [0.4, 0.5) is 5.69 Å². The number of rotatable bonds is 8. The van der Waals surface area contributed by atoms with Crippen molar-refractivity contribution in [3.63, 3.8) is 0 Å². The first-order valence-corrected chi connectivity index (χ1v) is 12.1. The van der Waals surface area contributed by atoms with Crippen molar-refractivity contribution in [1.82, 2.24) is 9.62 Å². The molecule has 172 valence electrons. The van der Waals surface area contributed by atoms with Gasteiger partial charge < -0.3 is 10.2 Å². The van der Waals surface area contributed by atoms with Gasteiger partial charge in [-0.25, -0.2) is 8.42 Å². The second kappa shape index (κ2) is 9.03. The molecule has 3 rings (SSSR count). The first-order valence-electron chi connectivity index (χ1n) is 10.7. The number of anilines is 1. The number of likely N-dealkylation sites (N-methyl/N-ethyl adjacent to an activating group) is 2. The molecule has 2 aromatic rings. The highest BCUT2D eigenvalue weighted by molar-refractivity contribution is 7.89. The van der Waals surface area contributed by atoms with Gasteiger partial charge in [0.1, 0.15) is 0 Å². The third kappa shape index (κ3) is 4.56. The molecule has 1 aliphatic rings.